The average molecular weight is 412 g/mol. The smallest absolute Gasteiger partial charge is 0.178 e. The van der Waals surface area contributed by atoms with E-state index in [9.17, 15) is 0 Å². The molecule has 1 aromatic heterocycles. The average Bonchev–Trinajstić information content (AvgIpc) is 2.55. The molecule has 0 radical (unpaired) electrons. The van der Waals surface area contributed by atoms with Crippen molar-refractivity contribution in [2.45, 2.75) is 19.9 Å². The molecule has 0 aliphatic heterocycles. The number of halogens is 3. The minimum Gasteiger partial charge on any atom is -0.396 e. The molecule has 0 fully saturated rings. The van der Waals surface area contributed by atoms with E-state index in [0.29, 0.717) is 5.69 Å². The molecule has 16 heavy (non-hydrogen) atoms. The molecule has 0 amide bonds. The van der Waals surface area contributed by atoms with Crippen LogP contribution >= 0.6 is 47.8 Å². The Morgan fingerprint density at radius 3 is 2.69 bits per heavy atom. The summed E-state index contributed by atoms with van der Waals surface area (Å²) in [5.41, 5.74) is 8.56. The van der Waals surface area contributed by atoms with E-state index >= 15 is 0 Å². The lowest BCUT2D eigenvalue weighted by Gasteiger charge is -2.06. The van der Waals surface area contributed by atoms with Crippen molar-refractivity contribution < 1.29 is 0 Å². The molecule has 3 nitrogen and oxygen atoms in total. The topological polar surface area (TPSA) is 43.8 Å². The summed E-state index contributed by atoms with van der Waals surface area (Å²) in [4.78, 5) is 4.44. The standard InChI is InChI=1S/C10H10Br3N3/c1-2-3-16-6-4-5(11)7(12)8(14)9(6)15-10(16)13/h4H,2-3,14H2,1H3. The maximum Gasteiger partial charge on any atom is 0.178 e. The number of aromatic nitrogens is 2. The van der Waals surface area contributed by atoms with E-state index in [0.717, 1.165) is 37.7 Å². The lowest BCUT2D eigenvalue weighted by Crippen LogP contribution is -1.97. The van der Waals surface area contributed by atoms with E-state index in [2.05, 4.69) is 64.3 Å². The van der Waals surface area contributed by atoms with Crippen LogP contribution in [0.25, 0.3) is 11.0 Å². The van der Waals surface area contributed by atoms with Crippen LogP contribution in [0.1, 0.15) is 13.3 Å². The number of benzene rings is 1. The van der Waals surface area contributed by atoms with E-state index in [1.807, 2.05) is 6.07 Å². The molecule has 0 aliphatic carbocycles. The third-order valence-electron chi connectivity index (χ3n) is 2.37. The van der Waals surface area contributed by atoms with Gasteiger partial charge >= 0.3 is 0 Å². The van der Waals surface area contributed by atoms with Gasteiger partial charge in [-0.15, -0.1) is 0 Å². The number of rotatable bonds is 2. The fourth-order valence-electron chi connectivity index (χ4n) is 1.63. The second-order valence-corrected chi connectivity index (χ2v) is 5.84. The third kappa shape index (κ3) is 1.91. The number of fused-ring (bicyclic) bond motifs is 1. The summed E-state index contributed by atoms with van der Waals surface area (Å²) in [5.74, 6) is 0. The minimum absolute atomic E-state index is 0.667. The van der Waals surface area contributed by atoms with Gasteiger partial charge in [-0.25, -0.2) is 4.98 Å². The zero-order valence-electron chi connectivity index (χ0n) is 8.60. The highest BCUT2D eigenvalue weighted by atomic mass is 79.9. The van der Waals surface area contributed by atoms with Gasteiger partial charge < -0.3 is 10.3 Å². The summed E-state index contributed by atoms with van der Waals surface area (Å²) in [6, 6.07) is 2.03. The highest BCUT2D eigenvalue weighted by Crippen LogP contribution is 2.36. The fourth-order valence-corrected chi connectivity index (χ4v) is 2.91. The predicted molar refractivity (Wildman–Crippen MR) is 77.5 cm³/mol. The predicted octanol–water partition coefficient (Wildman–Crippen LogP) is 4.32. The molecule has 0 atom stereocenters. The lowest BCUT2D eigenvalue weighted by molar-refractivity contribution is 0.682. The molecule has 0 saturated carbocycles. The Balaban J connectivity index is 2.80. The van der Waals surface area contributed by atoms with Crippen LogP contribution in [0.3, 0.4) is 0 Å². The van der Waals surface area contributed by atoms with Gasteiger partial charge in [0, 0.05) is 11.0 Å². The number of imidazole rings is 1. The number of nitrogens with two attached hydrogens (primary N) is 1. The molecule has 0 saturated heterocycles. The number of nitrogen functional groups attached to an aromatic ring is 1. The molecule has 0 unspecified atom stereocenters. The van der Waals surface area contributed by atoms with Gasteiger partial charge in [-0.2, -0.15) is 0 Å². The Morgan fingerprint density at radius 2 is 2.06 bits per heavy atom. The van der Waals surface area contributed by atoms with Crippen LogP contribution < -0.4 is 5.73 Å². The monoisotopic (exact) mass is 409 g/mol. The Morgan fingerprint density at radius 1 is 1.38 bits per heavy atom. The van der Waals surface area contributed by atoms with Gasteiger partial charge in [0.2, 0.25) is 0 Å². The molecule has 1 aromatic carbocycles. The van der Waals surface area contributed by atoms with Crippen molar-refractivity contribution in [3.63, 3.8) is 0 Å². The van der Waals surface area contributed by atoms with Crippen LogP contribution in [0.4, 0.5) is 5.69 Å². The van der Waals surface area contributed by atoms with Crippen molar-refractivity contribution in [3.8, 4) is 0 Å². The molecule has 2 rings (SSSR count). The van der Waals surface area contributed by atoms with Gasteiger partial charge in [0.1, 0.15) is 5.52 Å². The van der Waals surface area contributed by atoms with Crippen LogP contribution in [-0.2, 0) is 6.54 Å². The first-order valence-corrected chi connectivity index (χ1v) is 7.23. The van der Waals surface area contributed by atoms with Crippen molar-refractivity contribution in [1.29, 1.82) is 0 Å². The number of hydrogen-bond donors (Lipinski definition) is 1. The summed E-state index contributed by atoms with van der Waals surface area (Å²) in [6.07, 6.45) is 1.05. The zero-order chi connectivity index (χ0) is 11.9. The van der Waals surface area contributed by atoms with Gasteiger partial charge in [0.15, 0.2) is 4.73 Å². The van der Waals surface area contributed by atoms with Crippen molar-refractivity contribution in [3.05, 3.63) is 19.7 Å². The first kappa shape index (κ1) is 12.4. The molecule has 2 aromatic rings. The van der Waals surface area contributed by atoms with E-state index in [1.54, 1.807) is 0 Å². The van der Waals surface area contributed by atoms with E-state index in [4.69, 9.17) is 5.73 Å². The summed E-state index contributed by atoms with van der Waals surface area (Å²) >= 11 is 10.4. The maximum atomic E-state index is 6.02. The van der Waals surface area contributed by atoms with E-state index in [1.165, 1.54) is 0 Å². The molecular weight excluding hydrogens is 402 g/mol. The normalized spacial score (nSPS) is 11.2. The van der Waals surface area contributed by atoms with Crippen molar-refractivity contribution in [2.24, 2.45) is 0 Å². The van der Waals surface area contributed by atoms with Gasteiger partial charge in [-0.05, 0) is 60.3 Å². The first-order valence-electron chi connectivity index (χ1n) is 4.85. The van der Waals surface area contributed by atoms with Gasteiger partial charge in [0.25, 0.3) is 0 Å². The Kier molecular flexibility index (Phi) is 3.61. The van der Waals surface area contributed by atoms with Crippen molar-refractivity contribution >= 4 is 64.5 Å². The largest absolute Gasteiger partial charge is 0.396 e. The Bertz CT molecular complexity index is 548. The highest BCUT2D eigenvalue weighted by Gasteiger charge is 2.14. The van der Waals surface area contributed by atoms with Crippen LogP contribution in [0, 0.1) is 0 Å². The second-order valence-electron chi connectivity index (χ2n) is 3.49. The van der Waals surface area contributed by atoms with Crippen molar-refractivity contribution in [2.75, 3.05) is 5.73 Å². The lowest BCUT2D eigenvalue weighted by atomic mass is 10.2. The van der Waals surface area contributed by atoms with Gasteiger partial charge in [-0.3, -0.25) is 0 Å². The molecule has 0 bridgehead atoms. The Hall–Kier alpha value is -0.0700. The molecule has 0 spiro atoms. The summed E-state index contributed by atoms with van der Waals surface area (Å²) in [7, 11) is 0. The molecule has 1 heterocycles. The third-order valence-corrected chi connectivity index (χ3v) is 4.99. The molecule has 2 N–H and O–H groups in total. The fraction of sp³-hybridized carbons (Fsp3) is 0.300. The number of hydrogen-bond acceptors (Lipinski definition) is 2. The highest BCUT2D eigenvalue weighted by molar-refractivity contribution is 9.13. The summed E-state index contributed by atoms with van der Waals surface area (Å²) < 4.78 is 4.74. The van der Waals surface area contributed by atoms with Gasteiger partial charge in [-0.1, -0.05) is 6.92 Å². The molecular formula is C10H10Br3N3. The van der Waals surface area contributed by atoms with Crippen LogP contribution in [0.5, 0.6) is 0 Å². The molecule has 6 heteroatoms. The first-order chi connectivity index (χ1) is 7.56. The second kappa shape index (κ2) is 4.66. The summed E-state index contributed by atoms with van der Waals surface area (Å²) in [5, 5.41) is 0. The number of aryl methyl sites for hydroxylation is 1. The SMILES string of the molecule is CCCn1c(Br)nc2c(N)c(Br)c(Br)cc21. The Labute approximate surface area is 119 Å². The van der Waals surface area contributed by atoms with E-state index in [-0.39, 0.29) is 0 Å². The molecule has 86 valence electrons. The van der Waals surface area contributed by atoms with E-state index < -0.39 is 0 Å². The quantitative estimate of drug-likeness (QED) is 0.748. The number of nitrogens with zero attached hydrogens (tertiary/aromatic N) is 2. The van der Waals surface area contributed by atoms with Gasteiger partial charge in [0.05, 0.1) is 15.7 Å². The maximum absolute atomic E-state index is 6.02. The minimum atomic E-state index is 0.667. The van der Waals surface area contributed by atoms with Crippen LogP contribution in [0.2, 0.25) is 0 Å². The zero-order valence-corrected chi connectivity index (χ0v) is 13.4. The summed E-state index contributed by atoms with van der Waals surface area (Å²) in [6.45, 7) is 3.06. The van der Waals surface area contributed by atoms with Crippen LogP contribution in [-0.4, -0.2) is 9.55 Å². The van der Waals surface area contributed by atoms with Crippen molar-refractivity contribution in [1.82, 2.24) is 9.55 Å². The number of anilines is 1. The van der Waals surface area contributed by atoms with Crippen LogP contribution in [0.15, 0.2) is 19.7 Å². The molecule has 0 aliphatic rings.